The normalized spacial score (nSPS) is 11.8. The molecule has 0 saturated heterocycles. The summed E-state index contributed by atoms with van der Waals surface area (Å²) < 4.78 is 72.9. The minimum Gasteiger partial charge on any atom is -0.353 e. The van der Waals surface area contributed by atoms with Gasteiger partial charge in [0.05, 0.1) is 13.1 Å². The zero-order chi connectivity index (χ0) is 20.0. The second-order valence-electron chi connectivity index (χ2n) is 5.48. The molecule has 1 aromatic carbocycles. The van der Waals surface area contributed by atoms with Gasteiger partial charge in [0.2, 0.25) is 11.8 Å². The molecule has 2 N–H and O–H groups in total. The molecule has 1 aromatic rings. The summed E-state index contributed by atoms with van der Waals surface area (Å²) in [6, 6.07) is 6.26. The second-order valence-corrected chi connectivity index (χ2v) is 5.48. The highest BCUT2D eigenvalue weighted by Gasteiger charge is 2.29. The Morgan fingerprint density at radius 1 is 0.846 bits per heavy atom. The average molecular weight is 385 g/mol. The summed E-state index contributed by atoms with van der Waals surface area (Å²) >= 11 is 0. The van der Waals surface area contributed by atoms with Crippen molar-refractivity contribution in [1.29, 1.82) is 0 Å². The number of benzene rings is 1. The number of aryl methyl sites for hydroxylation is 1. The van der Waals surface area contributed by atoms with E-state index in [2.05, 4.69) is 0 Å². The van der Waals surface area contributed by atoms with Gasteiger partial charge in [-0.25, -0.2) is 0 Å². The van der Waals surface area contributed by atoms with Gasteiger partial charge in [-0.2, -0.15) is 26.3 Å². The lowest BCUT2D eigenvalue weighted by molar-refractivity contribution is -0.138. The van der Waals surface area contributed by atoms with E-state index >= 15 is 0 Å². The number of hydrogen-bond donors (Lipinski definition) is 2. The summed E-state index contributed by atoms with van der Waals surface area (Å²) in [6.45, 7) is -2.58. The molecule has 0 aliphatic rings. The number of halogens is 6. The average Bonchev–Trinajstić information content (AvgIpc) is 2.50. The van der Waals surface area contributed by atoms with Crippen LogP contribution in [0.2, 0.25) is 0 Å². The summed E-state index contributed by atoms with van der Waals surface area (Å²) in [5.74, 6) is -2.04. The largest absolute Gasteiger partial charge is 0.405 e. The fourth-order valence-corrected chi connectivity index (χ4v) is 1.85. The van der Waals surface area contributed by atoms with Crippen LogP contribution in [0.4, 0.5) is 32.0 Å². The van der Waals surface area contributed by atoms with E-state index < -0.39 is 50.3 Å². The van der Waals surface area contributed by atoms with Crippen LogP contribution >= 0.6 is 0 Å². The van der Waals surface area contributed by atoms with Crippen LogP contribution in [0.25, 0.3) is 0 Å². The summed E-state index contributed by atoms with van der Waals surface area (Å²) in [5.41, 5.74) is 1.15. The maximum atomic E-state index is 12.1. The number of anilines is 1. The topological polar surface area (TPSA) is 61.4 Å². The third-order valence-electron chi connectivity index (χ3n) is 3.04. The van der Waals surface area contributed by atoms with E-state index in [0.29, 0.717) is 5.69 Å². The first-order chi connectivity index (χ1) is 11.9. The zero-order valence-corrected chi connectivity index (χ0v) is 13.7. The van der Waals surface area contributed by atoms with Gasteiger partial charge in [-0.3, -0.25) is 9.59 Å². The molecule has 0 spiro atoms. The van der Waals surface area contributed by atoms with E-state index in [1.165, 1.54) is 12.1 Å². The molecular formula is C15H17F6N3O2. The Labute approximate surface area is 145 Å². The maximum Gasteiger partial charge on any atom is 0.405 e. The fraction of sp³-hybridized carbons (Fsp3) is 0.467. The van der Waals surface area contributed by atoms with Gasteiger partial charge in [0.15, 0.2) is 0 Å². The molecule has 26 heavy (non-hydrogen) atoms. The van der Waals surface area contributed by atoms with Crippen LogP contribution in [0, 0.1) is 6.92 Å². The van der Waals surface area contributed by atoms with E-state index in [9.17, 15) is 35.9 Å². The van der Waals surface area contributed by atoms with Crippen molar-refractivity contribution in [3.8, 4) is 0 Å². The number of hydrogen-bond acceptors (Lipinski definition) is 3. The predicted octanol–water partition coefficient (Wildman–Crippen LogP) is 2.16. The van der Waals surface area contributed by atoms with Crippen LogP contribution in [0.3, 0.4) is 0 Å². The first kappa shape index (κ1) is 21.6. The third kappa shape index (κ3) is 9.14. The molecule has 0 radical (unpaired) electrons. The molecule has 0 aromatic heterocycles. The summed E-state index contributed by atoms with van der Waals surface area (Å²) in [7, 11) is 0. The molecule has 2 amide bonds. The van der Waals surface area contributed by atoms with E-state index in [4.69, 9.17) is 0 Å². The molecule has 1 rings (SSSR count). The van der Waals surface area contributed by atoms with E-state index in [-0.39, 0.29) is 0 Å². The maximum absolute atomic E-state index is 12.1. The van der Waals surface area contributed by atoms with Crippen LogP contribution in [0.15, 0.2) is 24.3 Å². The van der Waals surface area contributed by atoms with E-state index in [1.54, 1.807) is 29.7 Å². The Hall–Kier alpha value is -2.46. The van der Waals surface area contributed by atoms with Crippen LogP contribution < -0.4 is 15.5 Å². The van der Waals surface area contributed by atoms with Crippen LogP contribution in [0.1, 0.15) is 5.56 Å². The first-order valence-corrected chi connectivity index (χ1v) is 7.34. The number of alkyl halides is 6. The molecule has 0 aliphatic heterocycles. The van der Waals surface area contributed by atoms with Gasteiger partial charge in [0.25, 0.3) is 0 Å². The molecule has 0 atom stereocenters. The van der Waals surface area contributed by atoms with Crippen LogP contribution in [-0.4, -0.2) is 50.3 Å². The van der Waals surface area contributed by atoms with Gasteiger partial charge in [-0.05, 0) is 19.1 Å². The molecule has 0 heterocycles. The first-order valence-electron chi connectivity index (χ1n) is 7.34. The highest BCUT2D eigenvalue weighted by atomic mass is 19.4. The van der Waals surface area contributed by atoms with Gasteiger partial charge in [-0.15, -0.1) is 0 Å². The number of carbonyl (C=O) groups is 2. The summed E-state index contributed by atoms with van der Waals surface area (Å²) in [5, 5.41) is 3.29. The summed E-state index contributed by atoms with van der Waals surface area (Å²) in [4.78, 5) is 24.4. The second kappa shape index (κ2) is 8.77. The molecule has 0 bridgehead atoms. The Kier molecular flexibility index (Phi) is 7.28. The van der Waals surface area contributed by atoms with E-state index in [1.807, 2.05) is 0 Å². The van der Waals surface area contributed by atoms with E-state index in [0.717, 1.165) is 10.5 Å². The Morgan fingerprint density at radius 2 is 1.23 bits per heavy atom. The Bertz CT molecular complexity index is 581. The number of nitrogens with one attached hydrogen (secondary N) is 2. The lowest BCUT2D eigenvalue weighted by atomic mass is 10.2. The molecule has 5 nitrogen and oxygen atoms in total. The van der Waals surface area contributed by atoms with Gasteiger partial charge in [-0.1, -0.05) is 17.7 Å². The molecule has 0 aliphatic carbocycles. The Morgan fingerprint density at radius 3 is 1.58 bits per heavy atom. The lowest BCUT2D eigenvalue weighted by Gasteiger charge is -2.24. The number of rotatable bonds is 7. The fourth-order valence-electron chi connectivity index (χ4n) is 1.85. The predicted molar refractivity (Wildman–Crippen MR) is 81.5 cm³/mol. The molecule has 0 fully saturated rings. The minimum absolute atomic E-state index is 0.305. The van der Waals surface area contributed by atoms with Gasteiger partial charge in [0, 0.05) is 5.69 Å². The van der Waals surface area contributed by atoms with Crippen LogP contribution in [-0.2, 0) is 9.59 Å². The van der Waals surface area contributed by atoms with Crippen molar-refractivity contribution in [3.05, 3.63) is 29.8 Å². The highest BCUT2D eigenvalue weighted by Crippen LogP contribution is 2.16. The zero-order valence-electron chi connectivity index (χ0n) is 13.7. The number of amides is 2. The number of nitrogens with zero attached hydrogens (tertiary/aromatic N) is 1. The quantitative estimate of drug-likeness (QED) is 0.708. The van der Waals surface area contributed by atoms with Crippen molar-refractivity contribution < 1.29 is 35.9 Å². The monoisotopic (exact) mass is 385 g/mol. The van der Waals surface area contributed by atoms with Gasteiger partial charge in [0.1, 0.15) is 13.1 Å². The minimum atomic E-state index is -4.60. The van der Waals surface area contributed by atoms with Crippen molar-refractivity contribution in [2.45, 2.75) is 19.3 Å². The molecule has 0 saturated carbocycles. The SMILES string of the molecule is Cc1ccc(N(CC(=O)NCC(F)(F)F)CC(=O)NCC(F)(F)F)cc1. The lowest BCUT2D eigenvalue weighted by Crippen LogP contribution is -2.46. The summed E-state index contributed by atoms with van der Waals surface area (Å²) in [6.07, 6.45) is -9.21. The Balaban J connectivity index is 2.77. The molecular weight excluding hydrogens is 368 g/mol. The van der Waals surface area contributed by atoms with Crippen molar-refractivity contribution in [3.63, 3.8) is 0 Å². The molecule has 0 unspecified atom stereocenters. The van der Waals surface area contributed by atoms with Crippen molar-refractivity contribution in [1.82, 2.24) is 10.6 Å². The van der Waals surface area contributed by atoms with Crippen molar-refractivity contribution in [2.24, 2.45) is 0 Å². The number of carbonyl (C=O) groups excluding carboxylic acids is 2. The van der Waals surface area contributed by atoms with Crippen LogP contribution in [0.5, 0.6) is 0 Å². The van der Waals surface area contributed by atoms with Crippen molar-refractivity contribution in [2.75, 3.05) is 31.1 Å². The van der Waals surface area contributed by atoms with Gasteiger partial charge >= 0.3 is 12.4 Å². The smallest absolute Gasteiger partial charge is 0.353 e. The molecule has 11 heteroatoms. The molecule has 146 valence electrons. The standard InChI is InChI=1S/C15H17F6N3O2/c1-10-2-4-11(5-3-10)24(6-12(25)22-8-14(16,17)18)7-13(26)23-9-15(19,20)21/h2-5H,6-9H2,1H3,(H,22,25)(H,23,26). The third-order valence-corrected chi connectivity index (χ3v) is 3.04. The highest BCUT2D eigenvalue weighted by molar-refractivity contribution is 5.86. The van der Waals surface area contributed by atoms with Crippen molar-refractivity contribution >= 4 is 17.5 Å². The van der Waals surface area contributed by atoms with Gasteiger partial charge < -0.3 is 15.5 Å².